The first-order chi connectivity index (χ1) is 13.3. The second kappa shape index (κ2) is 5.85. The number of ether oxygens (including phenoxy) is 1. The predicted octanol–water partition coefficient (Wildman–Crippen LogP) is 5.87. The molecule has 0 N–H and O–H groups in total. The van der Waals surface area contributed by atoms with Gasteiger partial charge in [-0.1, -0.05) is 24.3 Å². The van der Waals surface area contributed by atoms with E-state index in [1.54, 1.807) is 0 Å². The molecule has 1 aromatic heterocycles. The average Bonchev–Trinajstić information content (AvgIpc) is 3.09. The normalized spacial score (nSPS) is 31.5. The maximum Gasteiger partial charge on any atom is 0.233 e. The minimum absolute atomic E-state index is 0.366. The van der Waals surface area contributed by atoms with E-state index in [-0.39, 0.29) is 0 Å². The smallest absolute Gasteiger partial charge is 0.233 e. The third kappa shape index (κ3) is 2.67. The van der Waals surface area contributed by atoms with Crippen LogP contribution in [-0.2, 0) is 12.0 Å². The van der Waals surface area contributed by atoms with Crippen molar-refractivity contribution < 1.29 is 9.15 Å². The molecular formula is C24H25NO2. The lowest BCUT2D eigenvalue weighted by Crippen LogP contribution is -2.48. The van der Waals surface area contributed by atoms with Gasteiger partial charge in [0.2, 0.25) is 5.89 Å². The van der Waals surface area contributed by atoms with Crippen molar-refractivity contribution in [2.24, 2.45) is 17.8 Å². The Labute approximate surface area is 159 Å². The minimum Gasteiger partial charge on any atom is -0.484 e. The van der Waals surface area contributed by atoms with E-state index in [1.807, 2.05) is 24.3 Å². The maximum absolute atomic E-state index is 5.94. The highest BCUT2D eigenvalue weighted by atomic mass is 16.5. The molecule has 4 fully saturated rings. The number of aromatic nitrogens is 1. The zero-order valence-electron chi connectivity index (χ0n) is 15.6. The molecular weight excluding hydrogens is 334 g/mol. The molecule has 4 aliphatic rings. The monoisotopic (exact) mass is 359 g/mol. The Morgan fingerprint density at radius 3 is 2.22 bits per heavy atom. The van der Waals surface area contributed by atoms with Gasteiger partial charge in [-0.2, -0.15) is 0 Å². The third-order valence-corrected chi connectivity index (χ3v) is 7.21. The molecule has 3 aromatic rings. The van der Waals surface area contributed by atoms with Crippen molar-refractivity contribution in [3.8, 4) is 5.75 Å². The summed E-state index contributed by atoms with van der Waals surface area (Å²) in [5.74, 6) is 4.45. The van der Waals surface area contributed by atoms with Gasteiger partial charge in [0.05, 0.1) is 0 Å². The van der Waals surface area contributed by atoms with E-state index < -0.39 is 0 Å². The Bertz CT molecular complexity index is 903. The van der Waals surface area contributed by atoms with Crippen LogP contribution >= 0.6 is 0 Å². The molecule has 0 amide bonds. The highest BCUT2D eigenvalue weighted by Gasteiger charge is 2.51. The van der Waals surface area contributed by atoms with E-state index in [2.05, 4.69) is 29.2 Å². The van der Waals surface area contributed by atoms with Crippen LogP contribution in [-0.4, -0.2) is 4.98 Å². The van der Waals surface area contributed by atoms with Crippen molar-refractivity contribution >= 4 is 11.1 Å². The molecule has 1 heterocycles. The molecule has 0 aliphatic heterocycles. The van der Waals surface area contributed by atoms with Gasteiger partial charge in [-0.25, -0.2) is 4.98 Å². The van der Waals surface area contributed by atoms with Gasteiger partial charge in [0.15, 0.2) is 12.2 Å². The highest BCUT2D eigenvalue weighted by Crippen LogP contribution is 2.60. The standard InChI is InChI=1S/C24H25NO2/c1-2-4-22-21(3-1)25-23(27-22)15-26-20-7-5-19(6-8-20)24-12-16-9-17(13-24)11-18(10-16)14-24/h1-8,16-18H,9-15H2. The molecule has 3 heteroatoms. The fourth-order valence-corrected chi connectivity index (χ4v) is 6.50. The summed E-state index contributed by atoms with van der Waals surface area (Å²) in [7, 11) is 0. The van der Waals surface area contributed by atoms with Crippen molar-refractivity contribution in [1.29, 1.82) is 0 Å². The van der Waals surface area contributed by atoms with Crippen molar-refractivity contribution in [1.82, 2.24) is 4.98 Å². The number of oxazole rings is 1. The second-order valence-electron chi connectivity index (χ2n) is 9.09. The van der Waals surface area contributed by atoms with Gasteiger partial charge in [-0.3, -0.25) is 0 Å². The van der Waals surface area contributed by atoms with E-state index in [4.69, 9.17) is 9.15 Å². The zero-order valence-corrected chi connectivity index (χ0v) is 15.6. The van der Waals surface area contributed by atoms with Crippen LogP contribution in [0.5, 0.6) is 5.75 Å². The summed E-state index contributed by atoms with van der Waals surface area (Å²) in [6.45, 7) is 0.366. The number of fused-ring (bicyclic) bond motifs is 1. The van der Waals surface area contributed by atoms with Crippen LogP contribution < -0.4 is 4.74 Å². The van der Waals surface area contributed by atoms with Crippen LogP contribution in [0.2, 0.25) is 0 Å². The lowest BCUT2D eigenvalue weighted by Gasteiger charge is -2.57. The van der Waals surface area contributed by atoms with Gasteiger partial charge in [0.25, 0.3) is 0 Å². The van der Waals surface area contributed by atoms with E-state index in [0.717, 1.165) is 34.6 Å². The summed E-state index contributed by atoms with van der Waals surface area (Å²) in [5.41, 5.74) is 3.69. The van der Waals surface area contributed by atoms with Crippen LogP contribution in [0.3, 0.4) is 0 Å². The minimum atomic E-state index is 0.366. The predicted molar refractivity (Wildman–Crippen MR) is 105 cm³/mol. The van der Waals surface area contributed by atoms with Crippen molar-refractivity contribution in [3.63, 3.8) is 0 Å². The first-order valence-corrected chi connectivity index (χ1v) is 10.3. The molecule has 138 valence electrons. The molecule has 4 bridgehead atoms. The Kier molecular flexibility index (Phi) is 3.41. The molecule has 4 saturated carbocycles. The fourth-order valence-electron chi connectivity index (χ4n) is 6.50. The van der Waals surface area contributed by atoms with E-state index >= 15 is 0 Å². The highest BCUT2D eigenvalue weighted by molar-refractivity contribution is 5.72. The topological polar surface area (TPSA) is 35.3 Å². The Morgan fingerprint density at radius 2 is 1.56 bits per heavy atom. The molecule has 3 nitrogen and oxygen atoms in total. The summed E-state index contributed by atoms with van der Waals surface area (Å²) < 4.78 is 11.7. The number of rotatable bonds is 4. The average molecular weight is 359 g/mol. The Morgan fingerprint density at radius 1 is 0.889 bits per heavy atom. The van der Waals surface area contributed by atoms with Gasteiger partial charge >= 0.3 is 0 Å². The molecule has 0 unspecified atom stereocenters. The third-order valence-electron chi connectivity index (χ3n) is 7.21. The van der Waals surface area contributed by atoms with Crippen molar-refractivity contribution in [3.05, 3.63) is 60.0 Å². The summed E-state index contributed by atoms with van der Waals surface area (Å²) in [6.07, 6.45) is 8.69. The van der Waals surface area contributed by atoms with Crippen LogP contribution in [0.15, 0.2) is 52.9 Å². The van der Waals surface area contributed by atoms with Crippen LogP contribution in [0.1, 0.15) is 50.0 Å². The SMILES string of the molecule is c1ccc2oc(COc3ccc(C45CC6CC(CC(C6)C4)C5)cc3)nc2c1. The Hall–Kier alpha value is -2.29. The van der Waals surface area contributed by atoms with Crippen molar-refractivity contribution in [2.75, 3.05) is 0 Å². The van der Waals surface area contributed by atoms with Crippen LogP contribution in [0, 0.1) is 17.8 Å². The second-order valence-corrected chi connectivity index (χ2v) is 9.09. The lowest BCUT2D eigenvalue weighted by molar-refractivity contribution is -0.00521. The summed E-state index contributed by atoms with van der Waals surface area (Å²) >= 11 is 0. The number of para-hydroxylation sites is 2. The van der Waals surface area contributed by atoms with Crippen molar-refractivity contribution in [2.45, 2.75) is 50.5 Å². The van der Waals surface area contributed by atoms with Gasteiger partial charge in [0, 0.05) is 0 Å². The van der Waals surface area contributed by atoms with Crippen LogP contribution in [0.4, 0.5) is 0 Å². The number of hydrogen-bond acceptors (Lipinski definition) is 3. The molecule has 0 saturated heterocycles. The van der Waals surface area contributed by atoms with Gasteiger partial charge in [-0.15, -0.1) is 0 Å². The fraction of sp³-hybridized carbons (Fsp3) is 0.458. The molecule has 27 heavy (non-hydrogen) atoms. The molecule has 0 spiro atoms. The first kappa shape index (κ1) is 15.7. The first-order valence-electron chi connectivity index (χ1n) is 10.3. The van der Waals surface area contributed by atoms with Crippen LogP contribution in [0.25, 0.3) is 11.1 Å². The number of hydrogen-bond donors (Lipinski definition) is 0. The van der Waals surface area contributed by atoms with E-state index in [0.29, 0.717) is 17.9 Å². The zero-order chi connectivity index (χ0) is 17.8. The Balaban J connectivity index is 1.18. The van der Waals surface area contributed by atoms with Gasteiger partial charge in [-0.05, 0) is 91.5 Å². The van der Waals surface area contributed by atoms with E-state index in [9.17, 15) is 0 Å². The van der Waals surface area contributed by atoms with Gasteiger partial charge in [0.1, 0.15) is 11.3 Å². The largest absolute Gasteiger partial charge is 0.484 e. The molecule has 7 rings (SSSR count). The summed E-state index contributed by atoms with van der Waals surface area (Å²) in [6, 6.07) is 16.7. The summed E-state index contributed by atoms with van der Waals surface area (Å²) in [5, 5.41) is 0. The molecule has 4 aliphatic carbocycles. The quantitative estimate of drug-likeness (QED) is 0.584. The summed E-state index contributed by atoms with van der Waals surface area (Å²) in [4.78, 5) is 4.48. The van der Waals surface area contributed by atoms with E-state index in [1.165, 1.54) is 44.1 Å². The lowest BCUT2D eigenvalue weighted by atomic mass is 9.48. The number of benzene rings is 2. The molecule has 0 atom stereocenters. The number of nitrogens with zero attached hydrogens (tertiary/aromatic N) is 1. The molecule has 2 aromatic carbocycles. The van der Waals surface area contributed by atoms with Gasteiger partial charge < -0.3 is 9.15 Å². The maximum atomic E-state index is 5.94. The molecule has 0 radical (unpaired) electrons.